The zero-order chi connectivity index (χ0) is 13.3. The number of benzene rings is 2. The minimum atomic E-state index is 0.689. The highest BCUT2D eigenvalue weighted by molar-refractivity contribution is 5.83. The summed E-state index contributed by atoms with van der Waals surface area (Å²) in [4.78, 5) is 0. The second-order valence-corrected chi connectivity index (χ2v) is 3.90. The zero-order valence-electron chi connectivity index (χ0n) is 10.8. The third-order valence-corrected chi connectivity index (χ3v) is 2.50. The lowest BCUT2D eigenvalue weighted by Gasteiger charge is -2.01. The van der Waals surface area contributed by atoms with Crippen molar-refractivity contribution in [2.45, 2.75) is 0 Å². The Bertz CT molecular complexity index is 547. The predicted octanol–water partition coefficient (Wildman–Crippen LogP) is 3.77. The van der Waals surface area contributed by atoms with Crippen LogP contribution < -0.4 is 5.43 Å². The molecule has 0 bridgehead atoms. The molecular weight excluding hydrogens is 236 g/mol. The van der Waals surface area contributed by atoms with Crippen molar-refractivity contribution >= 4 is 18.0 Å². The van der Waals surface area contributed by atoms with E-state index >= 15 is 0 Å². The Morgan fingerprint density at radius 3 is 2.26 bits per heavy atom. The third-order valence-electron chi connectivity index (χ3n) is 2.50. The highest BCUT2D eigenvalue weighted by atomic mass is 16.5. The Morgan fingerprint density at radius 2 is 1.63 bits per heavy atom. The molecule has 3 nitrogen and oxygen atoms in total. The maximum atomic E-state index is 5.26. The van der Waals surface area contributed by atoms with Crippen LogP contribution in [0.25, 0.3) is 6.08 Å². The maximum Gasteiger partial charge on any atom is 0.139 e. The number of hydrogen-bond donors (Lipinski definition) is 1. The first-order valence-corrected chi connectivity index (χ1v) is 6.03. The normalized spacial score (nSPS) is 11.5. The van der Waals surface area contributed by atoms with Crippen molar-refractivity contribution < 1.29 is 4.74 Å². The number of para-hydroxylation sites is 1. The van der Waals surface area contributed by atoms with Crippen molar-refractivity contribution in [1.29, 1.82) is 0 Å². The van der Waals surface area contributed by atoms with E-state index in [0.29, 0.717) is 5.76 Å². The minimum absolute atomic E-state index is 0.689. The topological polar surface area (TPSA) is 33.6 Å². The molecule has 19 heavy (non-hydrogen) atoms. The minimum Gasteiger partial charge on any atom is -0.495 e. The summed E-state index contributed by atoms with van der Waals surface area (Å²) in [5, 5.41) is 4.14. The van der Waals surface area contributed by atoms with Gasteiger partial charge in [0.25, 0.3) is 0 Å². The quantitative estimate of drug-likeness (QED) is 0.499. The predicted molar refractivity (Wildman–Crippen MR) is 80.0 cm³/mol. The second-order valence-electron chi connectivity index (χ2n) is 3.90. The summed E-state index contributed by atoms with van der Waals surface area (Å²) in [6, 6.07) is 19.7. The number of rotatable bonds is 5. The lowest BCUT2D eigenvalue weighted by atomic mass is 10.2. The van der Waals surface area contributed by atoms with Crippen molar-refractivity contribution in [3.8, 4) is 0 Å². The Hall–Kier alpha value is -2.55. The van der Waals surface area contributed by atoms with E-state index < -0.39 is 0 Å². The van der Waals surface area contributed by atoms with Crippen LogP contribution in [0.15, 0.2) is 71.5 Å². The Labute approximate surface area is 113 Å². The molecule has 0 aliphatic carbocycles. The van der Waals surface area contributed by atoms with Crippen LogP contribution in [-0.2, 0) is 4.74 Å². The summed E-state index contributed by atoms with van der Waals surface area (Å²) in [5.41, 5.74) is 4.96. The average molecular weight is 252 g/mol. The number of methoxy groups -OCH3 is 1. The highest BCUT2D eigenvalue weighted by Gasteiger charge is 1.93. The van der Waals surface area contributed by atoms with Crippen LogP contribution in [0.5, 0.6) is 0 Å². The van der Waals surface area contributed by atoms with Gasteiger partial charge in [0.1, 0.15) is 5.76 Å². The monoisotopic (exact) mass is 252 g/mol. The summed E-state index contributed by atoms with van der Waals surface area (Å²) >= 11 is 0. The molecule has 0 saturated heterocycles. The third kappa shape index (κ3) is 4.32. The largest absolute Gasteiger partial charge is 0.495 e. The number of nitrogens with one attached hydrogen (secondary N) is 1. The number of nitrogens with zero attached hydrogens (tertiary/aromatic N) is 1. The first kappa shape index (κ1) is 12.9. The van der Waals surface area contributed by atoms with E-state index in [0.717, 1.165) is 11.3 Å². The summed E-state index contributed by atoms with van der Waals surface area (Å²) in [6.45, 7) is 0. The van der Waals surface area contributed by atoms with Gasteiger partial charge < -0.3 is 4.74 Å². The first-order chi connectivity index (χ1) is 9.38. The van der Waals surface area contributed by atoms with E-state index in [1.807, 2.05) is 66.7 Å². The van der Waals surface area contributed by atoms with Gasteiger partial charge in [-0.05, 0) is 23.8 Å². The number of anilines is 1. The van der Waals surface area contributed by atoms with Gasteiger partial charge in [-0.25, -0.2) is 0 Å². The maximum absolute atomic E-state index is 5.26. The molecule has 0 radical (unpaired) electrons. The molecule has 96 valence electrons. The molecule has 0 aliphatic rings. The van der Waals surface area contributed by atoms with Gasteiger partial charge in [-0.15, -0.1) is 0 Å². The molecule has 0 saturated carbocycles. The second kappa shape index (κ2) is 7.01. The van der Waals surface area contributed by atoms with Crippen LogP contribution in [0.4, 0.5) is 5.69 Å². The molecule has 2 rings (SSSR count). The fraction of sp³-hybridized carbons (Fsp3) is 0.0625. The fourth-order valence-corrected chi connectivity index (χ4v) is 1.55. The van der Waals surface area contributed by atoms with Crippen LogP contribution in [0.3, 0.4) is 0 Å². The molecule has 3 heteroatoms. The number of hydrazone groups is 1. The van der Waals surface area contributed by atoms with Crippen molar-refractivity contribution in [1.82, 2.24) is 0 Å². The van der Waals surface area contributed by atoms with E-state index in [-0.39, 0.29) is 0 Å². The Kier molecular flexibility index (Phi) is 4.76. The van der Waals surface area contributed by atoms with Crippen molar-refractivity contribution in [3.05, 3.63) is 72.0 Å². The summed E-state index contributed by atoms with van der Waals surface area (Å²) < 4.78 is 5.26. The molecule has 0 aromatic heterocycles. The Morgan fingerprint density at radius 1 is 1.00 bits per heavy atom. The van der Waals surface area contributed by atoms with E-state index in [4.69, 9.17) is 4.74 Å². The standard InChI is InChI=1S/C16H16N2O/c1-19-16(12-14-8-4-2-5-9-14)13-17-18-15-10-6-3-7-11-15/h2-13,18H,1H3/b16-12-,17-13+. The molecule has 2 aromatic carbocycles. The highest BCUT2D eigenvalue weighted by Crippen LogP contribution is 2.07. The smallest absolute Gasteiger partial charge is 0.139 e. The molecule has 0 atom stereocenters. The molecule has 0 amide bonds. The van der Waals surface area contributed by atoms with Crippen LogP contribution in [0, 0.1) is 0 Å². The van der Waals surface area contributed by atoms with Gasteiger partial charge in [-0.1, -0.05) is 48.5 Å². The summed E-state index contributed by atoms with van der Waals surface area (Å²) in [6.07, 6.45) is 3.58. The van der Waals surface area contributed by atoms with Gasteiger partial charge in [0.15, 0.2) is 0 Å². The van der Waals surface area contributed by atoms with Gasteiger partial charge in [0.2, 0.25) is 0 Å². The van der Waals surface area contributed by atoms with Crippen LogP contribution >= 0.6 is 0 Å². The molecule has 0 fully saturated rings. The van der Waals surface area contributed by atoms with Gasteiger partial charge in [0.05, 0.1) is 19.0 Å². The number of allylic oxidation sites excluding steroid dienone is 1. The van der Waals surface area contributed by atoms with Crippen LogP contribution in [0.1, 0.15) is 5.56 Å². The molecule has 2 aromatic rings. The first-order valence-electron chi connectivity index (χ1n) is 6.03. The SMILES string of the molecule is COC(=C\c1ccccc1)/C=N/Nc1ccccc1. The molecule has 0 unspecified atom stereocenters. The van der Waals surface area contributed by atoms with Gasteiger partial charge >= 0.3 is 0 Å². The lowest BCUT2D eigenvalue weighted by Crippen LogP contribution is -1.93. The van der Waals surface area contributed by atoms with Gasteiger partial charge in [0, 0.05) is 0 Å². The van der Waals surface area contributed by atoms with E-state index in [9.17, 15) is 0 Å². The molecule has 0 heterocycles. The van der Waals surface area contributed by atoms with Crippen molar-refractivity contribution in [3.63, 3.8) is 0 Å². The average Bonchev–Trinajstić information content (AvgIpc) is 2.48. The van der Waals surface area contributed by atoms with E-state index in [1.54, 1.807) is 13.3 Å². The van der Waals surface area contributed by atoms with Crippen molar-refractivity contribution in [2.24, 2.45) is 5.10 Å². The van der Waals surface area contributed by atoms with Crippen LogP contribution in [0.2, 0.25) is 0 Å². The van der Waals surface area contributed by atoms with Crippen LogP contribution in [-0.4, -0.2) is 13.3 Å². The lowest BCUT2D eigenvalue weighted by molar-refractivity contribution is 0.321. The molecular formula is C16H16N2O. The van der Waals surface area contributed by atoms with Gasteiger partial charge in [-0.3, -0.25) is 5.43 Å². The number of ether oxygens (including phenoxy) is 1. The molecule has 0 aliphatic heterocycles. The van der Waals surface area contributed by atoms with E-state index in [2.05, 4.69) is 10.5 Å². The summed E-state index contributed by atoms with van der Waals surface area (Å²) in [5.74, 6) is 0.689. The van der Waals surface area contributed by atoms with Gasteiger partial charge in [-0.2, -0.15) is 5.10 Å². The van der Waals surface area contributed by atoms with Crippen molar-refractivity contribution in [2.75, 3.05) is 12.5 Å². The molecule has 0 spiro atoms. The summed E-state index contributed by atoms with van der Waals surface area (Å²) in [7, 11) is 1.63. The Balaban J connectivity index is 2.01. The van der Waals surface area contributed by atoms with E-state index in [1.165, 1.54) is 0 Å². The zero-order valence-corrected chi connectivity index (χ0v) is 10.8. The fourth-order valence-electron chi connectivity index (χ4n) is 1.55. The number of hydrogen-bond acceptors (Lipinski definition) is 3. The molecule has 1 N–H and O–H groups in total.